The Labute approximate surface area is 180 Å². The first kappa shape index (κ1) is 20.7. The Kier molecular flexibility index (Phi) is 6.22. The van der Waals surface area contributed by atoms with Crippen LogP contribution in [-0.4, -0.2) is 12.4 Å². The average Bonchev–Trinajstić information content (AvgIpc) is 3.20. The van der Waals surface area contributed by atoms with Crippen molar-refractivity contribution < 1.29 is 9.53 Å². The molecule has 0 bridgehead atoms. The molecule has 1 aliphatic carbocycles. The normalized spacial score (nSPS) is 19.7. The third-order valence-corrected chi connectivity index (χ3v) is 6.68. The first-order valence-corrected chi connectivity index (χ1v) is 11.2. The minimum atomic E-state index is 0.0532. The fraction of sp³-hybridized carbons (Fsp3) is 0.393. The van der Waals surface area contributed by atoms with Gasteiger partial charge in [-0.3, -0.25) is 4.79 Å². The molecule has 2 nitrogen and oxygen atoms in total. The highest BCUT2D eigenvalue weighted by molar-refractivity contribution is 5.86. The van der Waals surface area contributed by atoms with E-state index in [0.29, 0.717) is 11.8 Å². The number of hydrogen-bond donors (Lipinski definition) is 0. The van der Waals surface area contributed by atoms with Crippen LogP contribution in [0.5, 0.6) is 5.75 Å². The number of Topliss-reactive ketones (excluding diaryl/α,β-unsaturated/α-hetero) is 1. The van der Waals surface area contributed by atoms with Crippen molar-refractivity contribution >= 4 is 16.6 Å². The van der Waals surface area contributed by atoms with E-state index in [1.165, 1.54) is 47.6 Å². The summed E-state index contributed by atoms with van der Waals surface area (Å²) in [6.45, 7) is 6.17. The lowest BCUT2D eigenvalue weighted by Gasteiger charge is -2.19. The molecule has 156 valence electrons. The van der Waals surface area contributed by atoms with Crippen LogP contribution in [-0.2, 0) is 4.79 Å². The molecule has 0 N–H and O–H groups in total. The molecule has 3 atom stereocenters. The van der Waals surface area contributed by atoms with E-state index >= 15 is 0 Å². The van der Waals surface area contributed by atoms with Gasteiger partial charge in [-0.25, -0.2) is 0 Å². The zero-order valence-corrected chi connectivity index (χ0v) is 18.4. The molecule has 0 saturated heterocycles. The van der Waals surface area contributed by atoms with Gasteiger partial charge in [-0.15, -0.1) is 0 Å². The summed E-state index contributed by atoms with van der Waals surface area (Å²) in [7, 11) is 0. The summed E-state index contributed by atoms with van der Waals surface area (Å²) in [5.41, 5.74) is 4.03. The second-order valence-corrected chi connectivity index (χ2v) is 9.10. The van der Waals surface area contributed by atoms with Crippen molar-refractivity contribution in [3.63, 3.8) is 0 Å². The van der Waals surface area contributed by atoms with Crippen LogP contribution < -0.4 is 4.74 Å². The van der Waals surface area contributed by atoms with Gasteiger partial charge in [-0.05, 0) is 90.8 Å². The topological polar surface area (TPSA) is 26.3 Å². The maximum atomic E-state index is 11.2. The van der Waals surface area contributed by atoms with E-state index in [9.17, 15) is 4.79 Å². The van der Waals surface area contributed by atoms with Gasteiger partial charge < -0.3 is 4.74 Å². The van der Waals surface area contributed by atoms with Crippen molar-refractivity contribution in [3.05, 3.63) is 77.4 Å². The van der Waals surface area contributed by atoms with Crippen LogP contribution in [0.25, 0.3) is 10.8 Å². The molecule has 0 heterocycles. The maximum absolute atomic E-state index is 11.2. The van der Waals surface area contributed by atoms with Crippen molar-refractivity contribution in [2.24, 2.45) is 5.92 Å². The van der Waals surface area contributed by atoms with Gasteiger partial charge in [0.2, 0.25) is 0 Å². The van der Waals surface area contributed by atoms with Gasteiger partial charge in [0.05, 0.1) is 0 Å². The maximum Gasteiger partial charge on any atom is 0.167 e. The van der Waals surface area contributed by atoms with E-state index in [0.717, 1.165) is 17.2 Å². The third-order valence-electron chi connectivity index (χ3n) is 6.68. The Bertz CT molecular complexity index is 1030. The monoisotopic (exact) mass is 400 g/mol. The molecule has 1 fully saturated rings. The summed E-state index contributed by atoms with van der Waals surface area (Å²) < 4.78 is 5.62. The molecule has 30 heavy (non-hydrogen) atoms. The first-order valence-electron chi connectivity index (χ1n) is 11.2. The Morgan fingerprint density at radius 1 is 1.07 bits per heavy atom. The number of ketones is 1. The van der Waals surface area contributed by atoms with Crippen LogP contribution in [0.2, 0.25) is 0 Å². The van der Waals surface area contributed by atoms with Crippen LogP contribution in [0.15, 0.2) is 60.7 Å². The van der Waals surface area contributed by atoms with Crippen LogP contribution in [0, 0.1) is 12.8 Å². The second-order valence-electron chi connectivity index (χ2n) is 9.10. The zero-order chi connectivity index (χ0) is 21.1. The van der Waals surface area contributed by atoms with E-state index in [1.54, 1.807) is 6.92 Å². The summed E-state index contributed by atoms with van der Waals surface area (Å²) >= 11 is 0. The SMILES string of the molecule is CC(=O)COc1ccc([C@@H]2CC[C@H](C[C@H](C)c3cccc4ccccc34)C2)cc1C. The summed E-state index contributed by atoms with van der Waals surface area (Å²) in [6.07, 6.45) is 5.09. The summed E-state index contributed by atoms with van der Waals surface area (Å²) in [5.74, 6) is 2.86. The third kappa shape index (κ3) is 4.59. The zero-order valence-electron chi connectivity index (χ0n) is 18.4. The highest BCUT2D eigenvalue weighted by Gasteiger charge is 2.28. The van der Waals surface area contributed by atoms with Gasteiger partial charge in [0, 0.05) is 0 Å². The summed E-state index contributed by atoms with van der Waals surface area (Å²) in [5, 5.41) is 2.74. The minimum absolute atomic E-state index is 0.0532. The van der Waals surface area contributed by atoms with Crippen LogP contribution >= 0.6 is 0 Å². The minimum Gasteiger partial charge on any atom is -0.486 e. The Morgan fingerprint density at radius 3 is 2.67 bits per heavy atom. The number of carbonyl (C=O) groups excluding carboxylic acids is 1. The second kappa shape index (κ2) is 9.04. The van der Waals surface area contributed by atoms with Gasteiger partial charge >= 0.3 is 0 Å². The van der Waals surface area contributed by atoms with Crippen molar-refractivity contribution in [2.75, 3.05) is 6.61 Å². The largest absolute Gasteiger partial charge is 0.486 e. The van der Waals surface area contributed by atoms with Gasteiger partial charge in [-0.1, -0.05) is 61.5 Å². The Morgan fingerprint density at radius 2 is 1.87 bits per heavy atom. The average molecular weight is 401 g/mol. The molecule has 2 heteroatoms. The highest BCUT2D eigenvalue weighted by atomic mass is 16.5. The van der Waals surface area contributed by atoms with E-state index in [1.807, 2.05) is 6.07 Å². The van der Waals surface area contributed by atoms with Crippen LogP contribution in [0.1, 0.15) is 68.1 Å². The van der Waals surface area contributed by atoms with E-state index in [4.69, 9.17) is 4.74 Å². The Hall–Kier alpha value is -2.61. The molecule has 0 aromatic heterocycles. The number of ether oxygens (including phenoxy) is 1. The number of benzene rings is 3. The molecule has 0 unspecified atom stereocenters. The predicted molar refractivity (Wildman–Crippen MR) is 124 cm³/mol. The number of rotatable bonds is 7. The lowest BCUT2D eigenvalue weighted by molar-refractivity contribution is -0.118. The number of fused-ring (bicyclic) bond motifs is 1. The van der Waals surface area contributed by atoms with E-state index < -0.39 is 0 Å². The highest BCUT2D eigenvalue weighted by Crippen LogP contribution is 2.43. The molecular formula is C28H32O2. The smallest absolute Gasteiger partial charge is 0.167 e. The fourth-order valence-electron chi connectivity index (χ4n) is 5.17. The number of aryl methyl sites for hydroxylation is 1. The van der Waals surface area contributed by atoms with Gasteiger partial charge in [-0.2, -0.15) is 0 Å². The quantitative estimate of drug-likeness (QED) is 0.419. The van der Waals surface area contributed by atoms with Gasteiger partial charge in [0.15, 0.2) is 5.78 Å². The summed E-state index contributed by atoms with van der Waals surface area (Å²) in [6, 6.07) is 22.0. The standard InChI is InChI=1S/C28H32O2/c1-19(26-10-6-8-23-7-4-5-9-27(23)26)15-22-11-12-25(17-22)24-13-14-28(20(2)16-24)30-18-21(3)29/h4-10,13-14,16,19,22,25H,11-12,15,17-18H2,1-3H3/t19-,22+,25+/m0/s1. The molecule has 3 aromatic carbocycles. The van der Waals surface area contributed by atoms with E-state index in [-0.39, 0.29) is 12.4 Å². The van der Waals surface area contributed by atoms with Crippen molar-refractivity contribution in [1.82, 2.24) is 0 Å². The fourth-order valence-corrected chi connectivity index (χ4v) is 5.17. The van der Waals surface area contributed by atoms with Crippen molar-refractivity contribution in [3.8, 4) is 5.75 Å². The lowest BCUT2D eigenvalue weighted by Crippen LogP contribution is -2.07. The molecule has 0 spiro atoms. The molecule has 3 aromatic rings. The summed E-state index contributed by atoms with van der Waals surface area (Å²) in [4.78, 5) is 11.2. The molecule has 0 amide bonds. The molecule has 0 radical (unpaired) electrons. The molecule has 1 saturated carbocycles. The van der Waals surface area contributed by atoms with Crippen molar-refractivity contribution in [1.29, 1.82) is 0 Å². The number of carbonyl (C=O) groups is 1. The van der Waals surface area contributed by atoms with Gasteiger partial charge in [0.1, 0.15) is 12.4 Å². The van der Waals surface area contributed by atoms with Crippen LogP contribution in [0.4, 0.5) is 0 Å². The lowest BCUT2D eigenvalue weighted by atomic mass is 9.86. The molecule has 0 aliphatic heterocycles. The van der Waals surface area contributed by atoms with Gasteiger partial charge in [0.25, 0.3) is 0 Å². The van der Waals surface area contributed by atoms with E-state index in [2.05, 4.69) is 68.4 Å². The Balaban J connectivity index is 1.41. The molecule has 1 aliphatic rings. The van der Waals surface area contributed by atoms with Crippen LogP contribution in [0.3, 0.4) is 0 Å². The predicted octanol–water partition coefficient (Wildman–Crippen LogP) is 7.19. The number of hydrogen-bond acceptors (Lipinski definition) is 2. The van der Waals surface area contributed by atoms with Crippen molar-refractivity contribution in [2.45, 2.75) is 58.3 Å². The molecule has 4 rings (SSSR count). The molecular weight excluding hydrogens is 368 g/mol. The first-order chi connectivity index (χ1) is 14.5.